The van der Waals surface area contributed by atoms with E-state index in [1.54, 1.807) is 12.1 Å². The topological polar surface area (TPSA) is 12.0 Å². The van der Waals surface area contributed by atoms with Gasteiger partial charge in [0.2, 0.25) is 0 Å². The maximum Gasteiger partial charge on any atom is 0.126 e. The number of nitrogens with one attached hydrogen (secondary N) is 1. The van der Waals surface area contributed by atoms with Gasteiger partial charge in [0.25, 0.3) is 0 Å². The zero-order valence-electron chi connectivity index (χ0n) is 6.48. The van der Waals surface area contributed by atoms with Crippen molar-refractivity contribution in [2.24, 2.45) is 0 Å². The van der Waals surface area contributed by atoms with Crippen LogP contribution in [-0.2, 0) is 0 Å². The van der Waals surface area contributed by atoms with Crippen LogP contribution in [0.2, 0.25) is 0 Å². The number of benzene rings is 1. The second-order valence-electron chi connectivity index (χ2n) is 3.02. The second kappa shape index (κ2) is 3.30. The Morgan fingerprint density at radius 2 is 2.17 bits per heavy atom. The predicted molar refractivity (Wildman–Crippen MR) is 54.7 cm³/mol. The summed E-state index contributed by atoms with van der Waals surface area (Å²) in [7, 11) is 0. The molecule has 2 rings (SSSR count). The van der Waals surface area contributed by atoms with Gasteiger partial charge in [-0.3, -0.25) is 0 Å². The molecule has 0 unspecified atom stereocenters. The number of halogens is 2. The van der Waals surface area contributed by atoms with Crippen LogP contribution >= 0.6 is 22.6 Å². The summed E-state index contributed by atoms with van der Waals surface area (Å²) < 4.78 is 14.3. The molecule has 12 heavy (non-hydrogen) atoms. The van der Waals surface area contributed by atoms with E-state index >= 15 is 0 Å². The van der Waals surface area contributed by atoms with E-state index in [0.29, 0.717) is 5.92 Å². The Balaban J connectivity index is 2.34. The van der Waals surface area contributed by atoms with Gasteiger partial charge < -0.3 is 5.32 Å². The van der Waals surface area contributed by atoms with Crippen LogP contribution in [0.1, 0.15) is 11.5 Å². The summed E-state index contributed by atoms with van der Waals surface area (Å²) in [5.74, 6) is 0.321. The van der Waals surface area contributed by atoms with Crippen molar-refractivity contribution in [2.45, 2.75) is 5.92 Å². The van der Waals surface area contributed by atoms with Crippen LogP contribution in [0, 0.1) is 9.39 Å². The fraction of sp³-hybridized carbons (Fsp3) is 0.333. The highest BCUT2D eigenvalue weighted by Crippen LogP contribution is 2.24. The largest absolute Gasteiger partial charge is 0.315 e. The quantitative estimate of drug-likeness (QED) is 0.775. The SMILES string of the molecule is Fc1ccc(I)cc1C1CNC1. The Bertz CT molecular complexity index is 297. The molecule has 0 spiro atoms. The van der Waals surface area contributed by atoms with Gasteiger partial charge in [0.1, 0.15) is 5.82 Å². The maximum atomic E-state index is 13.2. The molecule has 1 N–H and O–H groups in total. The zero-order chi connectivity index (χ0) is 8.55. The van der Waals surface area contributed by atoms with Crippen molar-refractivity contribution in [1.29, 1.82) is 0 Å². The summed E-state index contributed by atoms with van der Waals surface area (Å²) in [5, 5.41) is 3.14. The minimum absolute atomic E-state index is 0.0677. The van der Waals surface area contributed by atoms with Crippen LogP contribution in [0.15, 0.2) is 18.2 Å². The van der Waals surface area contributed by atoms with Gasteiger partial charge in [0.05, 0.1) is 0 Å². The first-order valence-corrected chi connectivity index (χ1v) is 5.01. The van der Waals surface area contributed by atoms with Gasteiger partial charge in [-0.25, -0.2) is 4.39 Å². The molecular weight excluding hydrogens is 268 g/mol. The van der Waals surface area contributed by atoms with Crippen molar-refractivity contribution >= 4 is 22.6 Å². The van der Waals surface area contributed by atoms with Gasteiger partial charge in [0.15, 0.2) is 0 Å². The predicted octanol–water partition coefficient (Wildman–Crippen LogP) is 2.12. The number of rotatable bonds is 1. The maximum absolute atomic E-state index is 13.2. The van der Waals surface area contributed by atoms with Crippen molar-refractivity contribution in [2.75, 3.05) is 13.1 Å². The lowest BCUT2D eigenvalue weighted by Gasteiger charge is -2.27. The summed E-state index contributed by atoms with van der Waals surface area (Å²) in [6.07, 6.45) is 0. The minimum atomic E-state index is -0.0677. The van der Waals surface area contributed by atoms with E-state index in [0.717, 1.165) is 22.2 Å². The molecule has 0 radical (unpaired) electrons. The molecule has 1 aromatic carbocycles. The van der Waals surface area contributed by atoms with E-state index in [1.807, 2.05) is 6.07 Å². The van der Waals surface area contributed by atoms with Crippen LogP contribution in [-0.4, -0.2) is 13.1 Å². The zero-order valence-corrected chi connectivity index (χ0v) is 8.64. The number of hydrogen-bond acceptors (Lipinski definition) is 1. The van der Waals surface area contributed by atoms with Crippen LogP contribution in [0.3, 0.4) is 0 Å². The van der Waals surface area contributed by atoms with E-state index in [4.69, 9.17) is 0 Å². The summed E-state index contributed by atoms with van der Waals surface area (Å²) >= 11 is 2.21. The summed E-state index contributed by atoms with van der Waals surface area (Å²) in [4.78, 5) is 0. The Labute approximate surface area is 84.5 Å². The lowest BCUT2D eigenvalue weighted by atomic mass is 9.93. The van der Waals surface area contributed by atoms with E-state index in [1.165, 1.54) is 0 Å². The molecule has 1 aromatic rings. The molecule has 1 aliphatic heterocycles. The molecule has 0 amide bonds. The third-order valence-corrected chi connectivity index (χ3v) is 2.85. The number of hydrogen-bond donors (Lipinski definition) is 1. The monoisotopic (exact) mass is 277 g/mol. The van der Waals surface area contributed by atoms with Gasteiger partial charge in [-0.2, -0.15) is 0 Å². The normalized spacial score (nSPS) is 17.5. The minimum Gasteiger partial charge on any atom is -0.315 e. The summed E-state index contributed by atoms with van der Waals surface area (Å²) in [5.41, 5.74) is 0.862. The molecule has 1 fully saturated rings. The molecule has 64 valence electrons. The molecule has 1 aliphatic rings. The Hall–Kier alpha value is -0.160. The lowest BCUT2D eigenvalue weighted by Crippen LogP contribution is -2.40. The molecule has 0 bridgehead atoms. The molecule has 0 saturated carbocycles. The first-order valence-electron chi connectivity index (χ1n) is 3.93. The van der Waals surface area contributed by atoms with E-state index in [9.17, 15) is 4.39 Å². The van der Waals surface area contributed by atoms with Crippen molar-refractivity contribution in [1.82, 2.24) is 5.32 Å². The third-order valence-electron chi connectivity index (χ3n) is 2.18. The van der Waals surface area contributed by atoms with Crippen molar-refractivity contribution < 1.29 is 4.39 Å². The van der Waals surface area contributed by atoms with E-state index in [-0.39, 0.29) is 5.82 Å². The molecule has 1 heterocycles. The highest BCUT2D eigenvalue weighted by Gasteiger charge is 2.21. The van der Waals surface area contributed by atoms with Crippen LogP contribution in [0.4, 0.5) is 4.39 Å². The standard InChI is InChI=1S/C9H9FIN/c10-9-2-1-7(11)3-8(9)6-4-12-5-6/h1-3,6,12H,4-5H2. The van der Waals surface area contributed by atoms with Crippen LogP contribution in [0.5, 0.6) is 0 Å². The van der Waals surface area contributed by atoms with Gasteiger partial charge in [-0.1, -0.05) is 0 Å². The lowest BCUT2D eigenvalue weighted by molar-refractivity contribution is 0.431. The highest BCUT2D eigenvalue weighted by molar-refractivity contribution is 14.1. The van der Waals surface area contributed by atoms with Gasteiger partial charge in [-0.05, 0) is 46.4 Å². The Kier molecular flexibility index (Phi) is 2.32. The highest BCUT2D eigenvalue weighted by atomic mass is 127. The molecule has 3 heteroatoms. The molecule has 0 aromatic heterocycles. The van der Waals surface area contributed by atoms with Crippen molar-refractivity contribution in [3.8, 4) is 0 Å². The summed E-state index contributed by atoms with van der Waals surface area (Å²) in [6.45, 7) is 1.83. The first-order chi connectivity index (χ1) is 5.77. The fourth-order valence-corrected chi connectivity index (χ4v) is 1.85. The van der Waals surface area contributed by atoms with Gasteiger partial charge in [0, 0.05) is 22.6 Å². The Morgan fingerprint density at radius 1 is 1.42 bits per heavy atom. The van der Waals surface area contributed by atoms with E-state index in [2.05, 4.69) is 27.9 Å². The smallest absolute Gasteiger partial charge is 0.126 e. The molecular formula is C9H9FIN. The molecule has 0 aliphatic carbocycles. The van der Waals surface area contributed by atoms with Crippen molar-refractivity contribution in [3.05, 3.63) is 33.1 Å². The average molecular weight is 277 g/mol. The van der Waals surface area contributed by atoms with Crippen LogP contribution in [0.25, 0.3) is 0 Å². The Morgan fingerprint density at radius 3 is 2.75 bits per heavy atom. The third kappa shape index (κ3) is 1.47. The average Bonchev–Trinajstić information content (AvgIpc) is 1.93. The molecule has 1 saturated heterocycles. The molecule has 0 atom stereocenters. The van der Waals surface area contributed by atoms with Gasteiger partial charge in [-0.15, -0.1) is 0 Å². The fourth-order valence-electron chi connectivity index (χ4n) is 1.34. The summed E-state index contributed by atoms with van der Waals surface area (Å²) in [6, 6.07) is 5.28. The van der Waals surface area contributed by atoms with Crippen molar-refractivity contribution in [3.63, 3.8) is 0 Å². The van der Waals surface area contributed by atoms with E-state index < -0.39 is 0 Å². The second-order valence-corrected chi connectivity index (χ2v) is 4.27. The first kappa shape index (κ1) is 8.44. The van der Waals surface area contributed by atoms with Gasteiger partial charge >= 0.3 is 0 Å². The molecule has 1 nitrogen and oxygen atoms in total. The van der Waals surface area contributed by atoms with Crippen LogP contribution < -0.4 is 5.32 Å².